The maximum Gasteiger partial charge on any atom is 0.255 e. The molecular formula is C14H10Br2ClNO. The molecule has 19 heavy (non-hydrogen) atoms. The lowest BCUT2D eigenvalue weighted by atomic mass is 10.1. The Kier molecular flexibility index (Phi) is 5.02. The number of rotatable bonds is 3. The van der Waals surface area contributed by atoms with E-state index in [0.29, 0.717) is 11.4 Å². The summed E-state index contributed by atoms with van der Waals surface area (Å²) in [7, 11) is 0. The second kappa shape index (κ2) is 6.55. The number of anilines is 1. The zero-order valence-corrected chi connectivity index (χ0v) is 13.7. The molecule has 0 bridgehead atoms. The minimum atomic E-state index is -0.153. The van der Waals surface area contributed by atoms with Crippen LogP contribution in [0.5, 0.6) is 0 Å². The summed E-state index contributed by atoms with van der Waals surface area (Å²) in [6.45, 7) is 0. The van der Waals surface area contributed by atoms with Crippen LogP contribution < -0.4 is 5.32 Å². The maximum atomic E-state index is 12.1. The van der Waals surface area contributed by atoms with Gasteiger partial charge in [-0.25, -0.2) is 0 Å². The number of alkyl halides is 1. The number of carbonyl (C=O) groups excluding carboxylic acids is 1. The van der Waals surface area contributed by atoms with Crippen molar-refractivity contribution in [1.29, 1.82) is 0 Å². The number of nitrogens with one attached hydrogen (secondary N) is 1. The minimum Gasteiger partial charge on any atom is -0.321 e. The summed E-state index contributed by atoms with van der Waals surface area (Å²) in [6.07, 6.45) is 0. The van der Waals surface area contributed by atoms with Crippen molar-refractivity contribution in [2.75, 3.05) is 5.32 Å². The van der Waals surface area contributed by atoms with E-state index in [4.69, 9.17) is 11.6 Å². The largest absolute Gasteiger partial charge is 0.321 e. The zero-order chi connectivity index (χ0) is 13.8. The molecule has 0 unspecified atom stereocenters. The van der Waals surface area contributed by atoms with Crippen LogP contribution in [0.25, 0.3) is 0 Å². The number of benzene rings is 2. The third kappa shape index (κ3) is 3.81. The quantitative estimate of drug-likeness (QED) is 0.701. The van der Waals surface area contributed by atoms with Crippen LogP contribution in [0.4, 0.5) is 5.69 Å². The summed E-state index contributed by atoms with van der Waals surface area (Å²) in [6, 6.07) is 12.8. The maximum absolute atomic E-state index is 12.1. The predicted octanol–water partition coefficient (Wildman–Crippen LogP) is 5.20. The van der Waals surface area contributed by atoms with Crippen molar-refractivity contribution in [3.8, 4) is 0 Å². The van der Waals surface area contributed by atoms with Gasteiger partial charge in [-0.1, -0.05) is 28.1 Å². The molecule has 1 N–H and O–H groups in total. The van der Waals surface area contributed by atoms with E-state index in [-0.39, 0.29) is 5.91 Å². The second-order valence-corrected chi connectivity index (χ2v) is 5.95. The van der Waals surface area contributed by atoms with Crippen molar-refractivity contribution >= 4 is 55.1 Å². The molecule has 1 amide bonds. The van der Waals surface area contributed by atoms with Crippen molar-refractivity contribution in [2.45, 2.75) is 5.88 Å². The fourth-order valence-electron chi connectivity index (χ4n) is 1.53. The van der Waals surface area contributed by atoms with Gasteiger partial charge in [-0.2, -0.15) is 0 Å². The second-order valence-electron chi connectivity index (χ2n) is 3.91. The van der Waals surface area contributed by atoms with Gasteiger partial charge in [-0.3, -0.25) is 4.79 Å². The topological polar surface area (TPSA) is 29.1 Å². The van der Waals surface area contributed by atoms with Crippen LogP contribution in [0.1, 0.15) is 15.9 Å². The number of halogens is 3. The van der Waals surface area contributed by atoms with Crippen molar-refractivity contribution in [3.05, 3.63) is 62.5 Å². The van der Waals surface area contributed by atoms with E-state index in [2.05, 4.69) is 37.2 Å². The highest BCUT2D eigenvalue weighted by molar-refractivity contribution is 9.11. The van der Waals surface area contributed by atoms with Crippen molar-refractivity contribution in [1.82, 2.24) is 0 Å². The van der Waals surface area contributed by atoms with E-state index >= 15 is 0 Å². The standard InChI is InChI=1S/C14H10Br2ClNO/c15-11-5-6-12(16)13(7-11)18-14(19)10-3-1-9(8-17)2-4-10/h1-7H,8H2,(H,18,19). The average Bonchev–Trinajstić information content (AvgIpc) is 2.43. The van der Waals surface area contributed by atoms with E-state index in [1.807, 2.05) is 30.3 Å². The Bertz CT molecular complexity index is 599. The molecule has 0 aliphatic carbocycles. The number of amides is 1. The molecule has 0 fully saturated rings. The predicted molar refractivity (Wildman–Crippen MR) is 85.8 cm³/mol. The minimum absolute atomic E-state index is 0.153. The first-order valence-corrected chi connectivity index (χ1v) is 7.63. The van der Waals surface area contributed by atoms with Gasteiger partial charge in [0.05, 0.1) is 5.69 Å². The Labute approximate surface area is 133 Å². The first-order valence-electron chi connectivity index (χ1n) is 5.51. The van der Waals surface area contributed by atoms with Gasteiger partial charge in [0.1, 0.15) is 0 Å². The van der Waals surface area contributed by atoms with E-state index in [0.717, 1.165) is 20.2 Å². The highest BCUT2D eigenvalue weighted by atomic mass is 79.9. The Morgan fingerprint density at radius 3 is 2.42 bits per heavy atom. The van der Waals surface area contributed by atoms with Crippen LogP contribution in [0, 0.1) is 0 Å². The molecule has 0 heterocycles. The summed E-state index contributed by atoms with van der Waals surface area (Å²) in [5.74, 6) is 0.291. The molecule has 0 saturated carbocycles. The van der Waals surface area contributed by atoms with Crippen LogP contribution >= 0.6 is 43.5 Å². The summed E-state index contributed by atoms with van der Waals surface area (Å²) in [5, 5.41) is 2.86. The van der Waals surface area contributed by atoms with Gasteiger partial charge >= 0.3 is 0 Å². The summed E-state index contributed by atoms with van der Waals surface area (Å²) >= 11 is 12.5. The molecule has 98 valence electrons. The lowest BCUT2D eigenvalue weighted by Gasteiger charge is -2.08. The van der Waals surface area contributed by atoms with Crippen LogP contribution in [0.3, 0.4) is 0 Å². The highest BCUT2D eigenvalue weighted by Gasteiger charge is 2.08. The number of carbonyl (C=O) groups is 1. The molecule has 2 nitrogen and oxygen atoms in total. The average molecular weight is 404 g/mol. The van der Waals surface area contributed by atoms with E-state index in [1.165, 1.54) is 0 Å². The van der Waals surface area contributed by atoms with Gasteiger partial charge in [0.25, 0.3) is 5.91 Å². The monoisotopic (exact) mass is 401 g/mol. The fraction of sp³-hybridized carbons (Fsp3) is 0.0714. The van der Waals surface area contributed by atoms with Crippen molar-refractivity contribution < 1.29 is 4.79 Å². The molecule has 0 aliphatic heterocycles. The molecule has 0 aromatic heterocycles. The molecule has 0 aliphatic rings. The van der Waals surface area contributed by atoms with Gasteiger partial charge in [0, 0.05) is 20.4 Å². The summed E-state index contributed by atoms with van der Waals surface area (Å²) in [5.41, 5.74) is 2.31. The SMILES string of the molecule is O=C(Nc1cc(Br)ccc1Br)c1ccc(CCl)cc1. The Morgan fingerprint density at radius 2 is 1.79 bits per heavy atom. The number of hydrogen-bond donors (Lipinski definition) is 1. The lowest BCUT2D eigenvalue weighted by molar-refractivity contribution is 0.102. The highest BCUT2D eigenvalue weighted by Crippen LogP contribution is 2.26. The zero-order valence-electron chi connectivity index (χ0n) is 9.79. The normalized spacial score (nSPS) is 10.3. The number of hydrogen-bond acceptors (Lipinski definition) is 1. The van der Waals surface area contributed by atoms with Crippen LogP contribution in [0.15, 0.2) is 51.4 Å². The van der Waals surface area contributed by atoms with Crippen molar-refractivity contribution in [3.63, 3.8) is 0 Å². The third-order valence-corrected chi connectivity index (χ3v) is 4.04. The summed E-state index contributed by atoms with van der Waals surface area (Å²) in [4.78, 5) is 12.1. The molecule has 0 spiro atoms. The molecule has 2 rings (SSSR count). The van der Waals surface area contributed by atoms with E-state index < -0.39 is 0 Å². The molecule has 5 heteroatoms. The Balaban J connectivity index is 2.18. The first-order chi connectivity index (χ1) is 9.10. The van der Waals surface area contributed by atoms with Crippen LogP contribution in [-0.4, -0.2) is 5.91 Å². The van der Waals surface area contributed by atoms with Crippen molar-refractivity contribution in [2.24, 2.45) is 0 Å². The van der Waals surface area contributed by atoms with Gasteiger partial charge in [-0.15, -0.1) is 11.6 Å². The van der Waals surface area contributed by atoms with Gasteiger partial charge < -0.3 is 5.32 Å². The van der Waals surface area contributed by atoms with Gasteiger partial charge in [0.2, 0.25) is 0 Å². The lowest BCUT2D eigenvalue weighted by Crippen LogP contribution is -2.12. The third-order valence-electron chi connectivity index (χ3n) is 2.55. The Morgan fingerprint density at radius 1 is 1.11 bits per heavy atom. The van der Waals surface area contributed by atoms with E-state index in [9.17, 15) is 4.79 Å². The first kappa shape index (κ1) is 14.6. The summed E-state index contributed by atoms with van der Waals surface area (Å²) < 4.78 is 1.74. The molecule has 0 saturated heterocycles. The molecule has 0 atom stereocenters. The fourth-order valence-corrected chi connectivity index (χ4v) is 2.42. The Hall–Kier alpha value is -0.840. The van der Waals surface area contributed by atoms with E-state index in [1.54, 1.807) is 12.1 Å². The van der Waals surface area contributed by atoms with Gasteiger partial charge in [-0.05, 0) is 51.8 Å². The van der Waals surface area contributed by atoms with Crippen LogP contribution in [0.2, 0.25) is 0 Å². The molecule has 0 radical (unpaired) electrons. The molecule has 2 aromatic rings. The molecular weight excluding hydrogens is 393 g/mol. The van der Waals surface area contributed by atoms with Gasteiger partial charge in [0.15, 0.2) is 0 Å². The van der Waals surface area contributed by atoms with Crippen LogP contribution in [-0.2, 0) is 5.88 Å². The molecule has 2 aromatic carbocycles. The smallest absolute Gasteiger partial charge is 0.255 e.